The van der Waals surface area contributed by atoms with E-state index in [-0.39, 0.29) is 53.8 Å². The molecule has 4 nitrogen and oxygen atoms in total. The molecule has 0 saturated heterocycles. The molecule has 1 aromatic carbocycles. The van der Waals surface area contributed by atoms with E-state index in [0.717, 1.165) is 0 Å². The summed E-state index contributed by atoms with van der Waals surface area (Å²) in [5.41, 5.74) is 0. The van der Waals surface area contributed by atoms with Crippen molar-refractivity contribution in [3.8, 4) is 5.75 Å². The molecule has 1 aromatic rings. The molecule has 0 aliphatic carbocycles. The van der Waals surface area contributed by atoms with Crippen molar-refractivity contribution in [2.45, 2.75) is 46.8 Å². The van der Waals surface area contributed by atoms with Gasteiger partial charge in [0.15, 0.2) is 0 Å². The van der Waals surface area contributed by atoms with Crippen LogP contribution in [0.25, 0.3) is 0 Å². The normalized spacial score (nSPS) is 15.5. The summed E-state index contributed by atoms with van der Waals surface area (Å²) < 4.78 is 258. The molecular formula is C15H4F17NaO4S. The molecule has 214 valence electrons. The topological polar surface area (TPSA) is 66.4 Å². The maximum absolute atomic E-state index is 13.7. The van der Waals surface area contributed by atoms with Crippen molar-refractivity contribution in [3.05, 3.63) is 35.9 Å². The summed E-state index contributed by atoms with van der Waals surface area (Å²) in [4.78, 5) is -1.24. The zero-order valence-electron chi connectivity index (χ0n) is 17.3. The number of halogens is 17. The summed E-state index contributed by atoms with van der Waals surface area (Å²) in [6.45, 7) is 0. The van der Waals surface area contributed by atoms with Crippen LogP contribution in [0.1, 0.15) is 0 Å². The molecule has 0 aliphatic heterocycles. The summed E-state index contributed by atoms with van der Waals surface area (Å²) in [5.74, 6) is -51.9. The first kappa shape index (κ1) is 36.5. The van der Waals surface area contributed by atoms with E-state index < -0.39 is 74.3 Å². The van der Waals surface area contributed by atoms with Gasteiger partial charge in [-0.3, -0.25) is 0 Å². The van der Waals surface area contributed by atoms with Crippen molar-refractivity contribution >= 4 is 10.1 Å². The van der Waals surface area contributed by atoms with Gasteiger partial charge in [-0.05, 0) is 24.3 Å². The van der Waals surface area contributed by atoms with Crippen molar-refractivity contribution in [3.63, 3.8) is 0 Å². The number of benzene rings is 1. The van der Waals surface area contributed by atoms with E-state index in [4.69, 9.17) is 0 Å². The van der Waals surface area contributed by atoms with Crippen LogP contribution in [0.4, 0.5) is 74.6 Å². The molecule has 0 bridgehead atoms. The molecule has 23 heteroatoms. The first-order valence-electron chi connectivity index (χ1n) is 8.15. The average molecular weight is 626 g/mol. The van der Waals surface area contributed by atoms with Gasteiger partial charge in [0.1, 0.15) is 15.9 Å². The van der Waals surface area contributed by atoms with E-state index in [9.17, 15) is 87.6 Å². The van der Waals surface area contributed by atoms with Gasteiger partial charge >= 0.3 is 71.5 Å². The van der Waals surface area contributed by atoms with Crippen LogP contribution in [0.3, 0.4) is 0 Å². The van der Waals surface area contributed by atoms with Crippen molar-refractivity contribution in [1.82, 2.24) is 0 Å². The van der Waals surface area contributed by atoms with Crippen LogP contribution in [0.2, 0.25) is 0 Å². The SMILES string of the molecule is O=S(=O)([O-])c1ccc(OC(F)(F)C(F)(F)C(F)(F)/C(F)=C(\F)C(F)(F)C(F)(F)C(F)(F)C(F)(F)F)cc1.[Na+]. The first-order valence-corrected chi connectivity index (χ1v) is 9.55. The molecule has 0 radical (unpaired) electrons. The van der Waals surface area contributed by atoms with Crippen LogP contribution in [0.5, 0.6) is 5.75 Å². The summed E-state index contributed by atoms with van der Waals surface area (Å²) in [5, 5.41) is 0. The second-order valence-corrected chi connectivity index (χ2v) is 7.92. The zero-order valence-corrected chi connectivity index (χ0v) is 20.1. The van der Waals surface area contributed by atoms with Gasteiger partial charge in [0.05, 0.1) is 4.90 Å². The minimum atomic E-state index is -8.17. The second kappa shape index (κ2) is 10.5. The minimum Gasteiger partial charge on any atom is -0.744 e. The van der Waals surface area contributed by atoms with E-state index in [2.05, 4.69) is 4.74 Å². The van der Waals surface area contributed by atoms with Crippen LogP contribution in [-0.2, 0) is 10.1 Å². The molecule has 0 N–H and O–H groups in total. The number of allylic oxidation sites excluding steroid dienone is 2. The van der Waals surface area contributed by atoms with Crippen LogP contribution < -0.4 is 34.3 Å². The molecule has 0 fully saturated rings. The number of alkyl halides is 15. The molecule has 0 atom stereocenters. The molecule has 1 rings (SSSR count). The van der Waals surface area contributed by atoms with Gasteiger partial charge in [-0.1, -0.05) is 0 Å². The van der Waals surface area contributed by atoms with Gasteiger partial charge in [-0.2, -0.15) is 65.9 Å². The Hall–Kier alpha value is -1.52. The third-order valence-electron chi connectivity index (χ3n) is 4.01. The smallest absolute Gasteiger partial charge is 0.744 e. The largest absolute Gasteiger partial charge is 1.00 e. The maximum Gasteiger partial charge on any atom is 1.00 e. The van der Waals surface area contributed by atoms with E-state index in [1.54, 1.807) is 0 Å². The molecule has 0 amide bonds. The third-order valence-corrected chi connectivity index (χ3v) is 4.86. The quantitative estimate of drug-likeness (QED) is 0.240. The second-order valence-electron chi connectivity index (χ2n) is 6.54. The number of ether oxygens (including phenoxy) is 1. The third kappa shape index (κ3) is 5.97. The predicted octanol–water partition coefficient (Wildman–Crippen LogP) is 3.46. The fourth-order valence-electron chi connectivity index (χ4n) is 2.00. The Morgan fingerprint density at radius 2 is 0.974 bits per heavy atom. The Balaban J connectivity index is 0.0000137. The molecule has 0 spiro atoms. The standard InChI is InChI=1S/C15H5F17O4S.Na/c16-7(9(18,19)11(22,23)13(26,27)14(28,29)30)8(17)10(20,21)12(24,25)15(31,32)36-5-1-3-6(4-2-5)37(33,34)35;/h1-4H,(H,33,34,35);/q;+1/p-1/b8-7+;. The van der Waals surface area contributed by atoms with E-state index in [0.29, 0.717) is 0 Å². The van der Waals surface area contributed by atoms with Crippen molar-refractivity contribution in [2.75, 3.05) is 0 Å². The molecule has 0 heterocycles. The Kier molecular flexibility index (Phi) is 10.0. The number of rotatable bonds is 9. The minimum absolute atomic E-state index is 0. The predicted molar refractivity (Wildman–Crippen MR) is 80.0 cm³/mol. The Morgan fingerprint density at radius 3 is 1.29 bits per heavy atom. The Bertz CT molecular complexity index is 1140. The van der Waals surface area contributed by atoms with Gasteiger partial charge in [-0.25, -0.2) is 17.2 Å². The van der Waals surface area contributed by atoms with Gasteiger partial charge in [0.25, 0.3) is 0 Å². The summed E-state index contributed by atoms with van der Waals surface area (Å²) in [7, 11) is -5.30. The van der Waals surface area contributed by atoms with Crippen LogP contribution in [0, 0.1) is 0 Å². The summed E-state index contributed by atoms with van der Waals surface area (Å²) in [6.07, 6.45) is -14.5. The molecule has 38 heavy (non-hydrogen) atoms. The monoisotopic (exact) mass is 626 g/mol. The molecule has 0 saturated carbocycles. The van der Waals surface area contributed by atoms with Crippen molar-refractivity contribution in [1.29, 1.82) is 0 Å². The zero-order chi connectivity index (χ0) is 29.8. The van der Waals surface area contributed by atoms with Gasteiger partial charge < -0.3 is 9.29 Å². The van der Waals surface area contributed by atoms with Gasteiger partial charge in [0.2, 0.25) is 11.7 Å². The molecule has 0 aliphatic rings. The van der Waals surface area contributed by atoms with Crippen LogP contribution >= 0.6 is 0 Å². The van der Waals surface area contributed by atoms with E-state index >= 15 is 0 Å². The number of hydrogen-bond donors (Lipinski definition) is 0. The maximum atomic E-state index is 13.7. The first-order chi connectivity index (χ1) is 16.0. The van der Waals surface area contributed by atoms with Gasteiger partial charge in [0, 0.05) is 0 Å². The average Bonchev–Trinajstić information content (AvgIpc) is 2.70. The summed E-state index contributed by atoms with van der Waals surface area (Å²) >= 11 is 0. The van der Waals surface area contributed by atoms with Crippen LogP contribution in [-0.4, -0.2) is 54.9 Å². The fraction of sp³-hybridized carbons (Fsp3) is 0.467. The molecular weight excluding hydrogens is 622 g/mol. The molecule has 0 aromatic heterocycles. The Morgan fingerprint density at radius 1 is 0.632 bits per heavy atom. The summed E-state index contributed by atoms with van der Waals surface area (Å²) in [6, 6.07) is -0.0253. The number of hydrogen-bond acceptors (Lipinski definition) is 4. The van der Waals surface area contributed by atoms with Crippen molar-refractivity contribution < 1.29 is 122 Å². The Labute approximate surface area is 220 Å². The van der Waals surface area contributed by atoms with E-state index in [1.165, 1.54) is 0 Å². The van der Waals surface area contributed by atoms with Crippen molar-refractivity contribution in [2.24, 2.45) is 0 Å². The van der Waals surface area contributed by atoms with Crippen LogP contribution in [0.15, 0.2) is 40.8 Å². The van der Waals surface area contributed by atoms with E-state index in [1.807, 2.05) is 0 Å². The molecule has 0 unspecified atom stereocenters. The van der Waals surface area contributed by atoms with Gasteiger partial charge in [-0.15, -0.1) is 0 Å². The fourth-order valence-corrected chi connectivity index (χ4v) is 2.47.